The first-order chi connectivity index (χ1) is 6.20. The summed E-state index contributed by atoms with van der Waals surface area (Å²) in [6.07, 6.45) is 0. The van der Waals surface area contributed by atoms with E-state index in [-0.39, 0.29) is 29.4 Å². The zero-order valence-corrected chi connectivity index (χ0v) is 7.32. The topological polar surface area (TPSA) is 69.9 Å². The number of phenols is 2. The van der Waals surface area contributed by atoms with E-state index in [1.807, 2.05) is 0 Å². The van der Waals surface area contributed by atoms with Gasteiger partial charge in [0.2, 0.25) is 5.75 Å². The molecule has 0 amide bonds. The van der Waals surface area contributed by atoms with Gasteiger partial charge in [0.05, 0.1) is 13.2 Å². The van der Waals surface area contributed by atoms with Crippen LogP contribution in [-0.4, -0.2) is 21.9 Å². The highest BCUT2D eigenvalue weighted by molar-refractivity contribution is 5.53. The van der Waals surface area contributed by atoms with Gasteiger partial charge in [-0.3, -0.25) is 0 Å². The largest absolute Gasteiger partial charge is 0.504 e. The molecule has 0 saturated heterocycles. The second-order valence-electron chi connectivity index (χ2n) is 2.51. The number of hydrogen-bond donors (Lipinski definition) is 3. The van der Waals surface area contributed by atoms with Crippen LogP contribution >= 0.6 is 0 Å². The molecule has 3 N–H and O–H groups in total. The third-order valence-electron chi connectivity index (χ3n) is 1.67. The number of benzene rings is 1. The van der Waals surface area contributed by atoms with Crippen molar-refractivity contribution in [2.75, 3.05) is 6.61 Å². The van der Waals surface area contributed by atoms with Gasteiger partial charge in [-0.25, -0.2) is 0 Å². The minimum absolute atomic E-state index is 0.220. The van der Waals surface area contributed by atoms with Crippen molar-refractivity contribution in [2.24, 2.45) is 0 Å². The molecule has 4 nitrogen and oxygen atoms in total. The van der Waals surface area contributed by atoms with Crippen LogP contribution < -0.4 is 4.74 Å². The van der Waals surface area contributed by atoms with E-state index in [1.165, 1.54) is 12.1 Å². The maximum Gasteiger partial charge on any atom is 0.200 e. The summed E-state index contributed by atoms with van der Waals surface area (Å²) in [5, 5.41) is 27.4. The monoisotopic (exact) mass is 184 g/mol. The van der Waals surface area contributed by atoms with Crippen LogP contribution in [0.25, 0.3) is 0 Å². The number of phenolic OH excluding ortho intramolecular Hbond substituents is 1. The highest BCUT2D eigenvalue weighted by Crippen LogP contribution is 2.37. The van der Waals surface area contributed by atoms with Crippen LogP contribution in [0.2, 0.25) is 0 Å². The van der Waals surface area contributed by atoms with E-state index < -0.39 is 0 Å². The molecular formula is C9H12O4. The van der Waals surface area contributed by atoms with Gasteiger partial charge in [-0.2, -0.15) is 0 Å². The first-order valence-electron chi connectivity index (χ1n) is 3.98. The van der Waals surface area contributed by atoms with Crippen molar-refractivity contribution in [3.8, 4) is 17.2 Å². The summed E-state index contributed by atoms with van der Waals surface area (Å²) in [6, 6.07) is 3.00. The third kappa shape index (κ3) is 1.84. The zero-order valence-electron chi connectivity index (χ0n) is 7.32. The lowest BCUT2D eigenvalue weighted by molar-refractivity contribution is 0.269. The Balaban J connectivity index is 3.07. The van der Waals surface area contributed by atoms with E-state index in [0.29, 0.717) is 6.61 Å². The van der Waals surface area contributed by atoms with Crippen molar-refractivity contribution in [2.45, 2.75) is 13.5 Å². The Hall–Kier alpha value is -1.42. The molecule has 1 rings (SSSR count). The molecular weight excluding hydrogens is 172 g/mol. The van der Waals surface area contributed by atoms with Crippen LogP contribution in [0.15, 0.2) is 12.1 Å². The van der Waals surface area contributed by atoms with Gasteiger partial charge in [0, 0.05) is 5.56 Å². The number of aliphatic hydroxyl groups excluding tert-OH is 1. The minimum Gasteiger partial charge on any atom is -0.504 e. The van der Waals surface area contributed by atoms with E-state index in [2.05, 4.69) is 0 Å². The molecule has 0 saturated carbocycles. The maximum absolute atomic E-state index is 9.35. The molecule has 0 unspecified atom stereocenters. The fourth-order valence-electron chi connectivity index (χ4n) is 1.00. The zero-order chi connectivity index (χ0) is 9.84. The number of ether oxygens (including phenoxy) is 1. The van der Waals surface area contributed by atoms with E-state index in [0.717, 1.165) is 0 Å². The van der Waals surface area contributed by atoms with E-state index in [1.54, 1.807) is 6.92 Å². The van der Waals surface area contributed by atoms with E-state index in [4.69, 9.17) is 9.84 Å². The van der Waals surface area contributed by atoms with Crippen molar-refractivity contribution < 1.29 is 20.1 Å². The van der Waals surface area contributed by atoms with Gasteiger partial charge in [0.15, 0.2) is 11.5 Å². The van der Waals surface area contributed by atoms with Gasteiger partial charge in [-0.05, 0) is 19.1 Å². The molecule has 4 heteroatoms. The quantitative estimate of drug-likeness (QED) is 0.612. The molecule has 0 aromatic heterocycles. The Morgan fingerprint density at radius 3 is 2.46 bits per heavy atom. The number of aliphatic hydroxyl groups is 1. The molecule has 13 heavy (non-hydrogen) atoms. The van der Waals surface area contributed by atoms with Gasteiger partial charge in [0.1, 0.15) is 0 Å². The average molecular weight is 184 g/mol. The summed E-state index contributed by atoms with van der Waals surface area (Å²) in [7, 11) is 0. The van der Waals surface area contributed by atoms with Crippen molar-refractivity contribution in [3.05, 3.63) is 17.7 Å². The summed E-state index contributed by atoms with van der Waals surface area (Å²) in [6.45, 7) is 1.87. The third-order valence-corrected chi connectivity index (χ3v) is 1.67. The van der Waals surface area contributed by atoms with Crippen molar-refractivity contribution >= 4 is 0 Å². The van der Waals surface area contributed by atoms with Gasteiger partial charge in [-0.1, -0.05) is 0 Å². The highest BCUT2D eigenvalue weighted by Gasteiger charge is 2.11. The summed E-state index contributed by atoms with van der Waals surface area (Å²) >= 11 is 0. The van der Waals surface area contributed by atoms with Crippen LogP contribution in [0.4, 0.5) is 0 Å². The predicted molar refractivity (Wildman–Crippen MR) is 46.9 cm³/mol. The standard InChI is InChI=1S/C9H12O4/c1-2-13-7-4-3-6(5-10)8(11)9(7)12/h3-4,10-12H,2,5H2,1H3. The molecule has 1 aromatic rings. The molecule has 0 aliphatic rings. The Labute approximate surface area is 76.0 Å². The fraction of sp³-hybridized carbons (Fsp3) is 0.333. The van der Waals surface area contributed by atoms with Crippen LogP contribution in [0.3, 0.4) is 0 Å². The van der Waals surface area contributed by atoms with Gasteiger partial charge >= 0.3 is 0 Å². The Bertz CT molecular complexity index is 296. The van der Waals surface area contributed by atoms with Crippen molar-refractivity contribution in [1.29, 1.82) is 0 Å². The van der Waals surface area contributed by atoms with E-state index >= 15 is 0 Å². The molecule has 1 aromatic carbocycles. The highest BCUT2D eigenvalue weighted by atomic mass is 16.5. The second-order valence-corrected chi connectivity index (χ2v) is 2.51. The first-order valence-corrected chi connectivity index (χ1v) is 3.98. The molecule has 0 fully saturated rings. The number of aromatic hydroxyl groups is 2. The van der Waals surface area contributed by atoms with Crippen LogP contribution in [0.1, 0.15) is 12.5 Å². The number of rotatable bonds is 3. The number of hydrogen-bond acceptors (Lipinski definition) is 4. The lowest BCUT2D eigenvalue weighted by atomic mass is 10.2. The first kappa shape index (κ1) is 9.67. The van der Waals surface area contributed by atoms with Crippen LogP contribution in [-0.2, 0) is 6.61 Å². The molecule has 0 aliphatic heterocycles. The van der Waals surface area contributed by atoms with Gasteiger partial charge in [0.25, 0.3) is 0 Å². The minimum atomic E-state index is -0.326. The fourth-order valence-corrected chi connectivity index (χ4v) is 1.00. The van der Waals surface area contributed by atoms with Crippen molar-refractivity contribution in [3.63, 3.8) is 0 Å². The van der Waals surface area contributed by atoms with E-state index in [9.17, 15) is 10.2 Å². The molecule has 0 bridgehead atoms. The Morgan fingerprint density at radius 1 is 1.23 bits per heavy atom. The molecule has 0 heterocycles. The van der Waals surface area contributed by atoms with Crippen LogP contribution in [0.5, 0.6) is 17.2 Å². The Kier molecular flexibility index (Phi) is 2.97. The molecule has 72 valence electrons. The normalized spacial score (nSPS) is 10.0. The molecule has 0 radical (unpaired) electrons. The summed E-state index contributed by atoms with van der Waals surface area (Å²) in [5.41, 5.74) is 0.279. The summed E-state index contributed by atoms with van der Waals surface area (Å²) in [4.78, 5) is 0. The lowest BCUT2D eigenvalue weighted by Gasteiger charge is -2.08. The Morgan fingerprint density at radius 2 is 1.92 bits per heavy atom. The summed E-state index contributed by atoms with van der Waals surface area (Å²) in [5.74, 6) is -0.431. The average Bonchev–Trinajstić information content (AvgIpc) is 2.14. The maximum atomic E-state index is 9.35. The van der Waals surface area contributed by atoms with Crippen molar-refractivity contribution in [1.82, 2.24) is 0 Å². The SMILES string of the molecule is CCOc1ccc(CO)c(O)c1O. The van der Waals surface area contributed by atoms with Gasteiger partial charge in [-0.15, -0.1) is 0 Å². The molecule has 0 spiro atoms. The second kappa shape index (κ2) is 4.00. The predicted octanol–water partition coefficient (Wildman–Crippen LogP) is 0.989. The summed E-state index contributed by atoms with van der Waals surface area (Å²) < 4.78 is 5.03. The smallest absolute Gasteiger partial charge is 0.200 e. The van der Waals surface area contributed by atoms with Gasteiger partial charge < -0.3 is 20.1 Å². The molecule has 0 atom stereocenters. The van der Waals surface area contributed by atoms with Crippen LogP contribution in [0, 0.1) is 0 Å². The lowest BCUT2D eigenvalue weighted by Crippen LogP contribution is -1.93. The molecule has 0 aliphatic carbocycles.